The summed E-state index contributed by atoms with van der Waals surface area (Å²) in [5.41, 5.74) is 0.554. The summed E-state index contributed by atoms with van der Waals surface area (Å²) in [6, 6.07) is 6.87. The summed E-state index contributed by atoms with van der Waals surface area (Å²) in [5.74, 6) is 1.37. The van der Waals surface area contributed by atoms with Crippen molar-refractivity contribution in [2.75, 3.05) is 20.2 Å². The molecule has 2 aromatic rings. The Morgan fingerprint density at radius 3 is 2.76 bits per heavy atom. The molecule has 3 heterocycles. The highest BCUT2D eigenvalue weighted by molar-refractivity contribution is 5.79. The number of hydrogen-bond acceptors (Lipinski definition) is 5. The molecule has 4 rings (SSSR count). The highest BCUT2D eigenvalue weighted by Crippen LogP contribution is 2.29. The fraction of sp³-hybridized carbons (Fsp3) is 0.591. The van der Waals surface area contributed by atoms with Crippen LogP contribution in [0.5, 0.6) is 0 Å². The van der Waals surface area contributed by atoms with Crippen molar-refractivity contribution in [1.29, 1.82) is 0 Å². The van der Waals surface area contributed by atoms with Gasteiger partial charge in [-0.1, -0.05) is 6.42 Å². The van der Waals surface area contributed by atoms with Crippen LogP contribution in [0.1, 0.15) is 38.5 Å². The molecule has 1 saturated carbocycles. The monoisotopic (exact) mass is 399 g/mol. The Balaban J connectivity index is 1.34. The molecule has 0 N–H and O–H groups in total. The zero-order valence-electron chi connectivity index (χ0n) is 17.0. The normalized spacial score (nSPS) is 23.3. The molecule has 0 radical (unpaired) electrons. The van der Waals surface area contributed by atoms with E-state index in [4.69, 9.17) is 9.15 Å². The molecule has 2 aliphatic rings. The van der Waals surface area contributed by atoms with Crippen LogP contribution in [0.15, 0.2) is 39.7 Å². The molecule has 2 atom stereocenters. The number of aromatic nitrogens is 2. The number of likely N-dealkylation sites (tertiary alicyclic amines) is 1. The molecule has 1 saturated heterocycles. The number of furan rings is 1. The van der Waals surface area contributed by atoms with Crippen LogP contribution >= 0.6 is 0 Å². The molecule has 7 nitrogen and oxygen atoms in total. The highest BCUT2D eigenvalue weighted by Gasteiger charge is 2.32. The maximum atomic E-state index is 12.9. The lowest BCUT2D eigenvalue weighted by molar-refractivity contribution is -0.139. The second kappa shape index (κ2) is 8.95. The molecule has 0 unspecified atom stereocenters. The van der Waals surface area contributed by atoms with Crippen molar-refractivity contribution in [2.24, 2.45) is 11.8 Å². The van der Waals surface area contributed by atoms with E-state index in [1.807, 2.05) is 11.0 Å². The van der Waals surface area contributed by atoms with Crippen LogP contribution in [0.2, 0.25) is 0 Å². The van der Waals surface area contributed by atoms with E-state index in [2.05, 4.69) is 5.10 Å². The lowest BCUT2D eigenvalue weighted by atomic mass is 9.85. The molecule has 1 amide bonds. The lowest BCUT2D eigenvalue weighted by Crippen LogP contribution is -2.44. The molecule has 156 valence electrons. The molecule has 2 aromatic heterocycles. The van der Waals surface area contributed by atoms with Gasteiger partial charge in [-0.2, -0.15) is 5.10 Å². The number of amides is 1. The predicted octanol–water partition coefficient (Wildman–Crippen LogP) is 2.95. The minimum absolute atomic E-state index is 0.0968. The van der Waals surface area contributed by atoms with E-state index in [-0.39, 0.29) is 23.5 Å². The summed E-state index contributed by atoms with van der Waals surface area (Å²) in [5, 5.41) is 4.47. The Morgan fingerprint density at radius 2 is 2.03 bits per heavy atom. The van der Waals surface area contributed by atoms with Gasteiger partial charge >= 0.3 is 0 Å². The standard InChI is InChI=1S/C22H29N3O4/c1-28-18-5-2-4-17(14-18)22(27)24-11-9-16(10-12-24)15-25-21(26)8-7-19(23-25)20-6-3-13-29-20/h3,6-8,13,16-18H,2,4-5,9-12,14-15H2,1H3/t17-,18+/m0/s1. The van der Waals surface area contributed by atoms with Crippen LogP contribution in [0.4, 0.5) is 0 Å². The zero-order valence-corrected chi connectivity index (χ0v) is 17.0. The predicted molar refractivity (Wildman–Crippen MR) is 108 cm³/mol. The molecule has 1 aliphatic heterocycles. The number of rotatable bonds is 5. The first-order valence-corrected chi connectivity index (χ1v) is 10.6. The Kier molecular flexibility index (Phi) is 6.13. The SMILES string of the molecule is CO[C@@H]1CCC[C@H](C(=O)N2CCC(Cn3nc(-c4ccco4)ccc3=O)CC2)C1. The van der Waals surface area contributed by atoms with Gasteiger partial charge in [0.1, 0.15) is 5.69 Å². The van der Waals surface area contributed by atoms with E-state index in [1.165, 1.54) is 4.68 Å². The van der Waals surface area contributed by atoms with E-state index < -0.39 is 0 Å². The van der Waals surface area contributed by atoms with Gasteiger partial charge in [-0.15, -0.1) is 0 Å². The summed E-state index contributed by atoms with van der Waals surface area (Å²) in [4.78, 5) is 27.2. The first kappa shape index (κ1) is 19.9. The van der Waals surface area contributed by atoms with Crippen molar-refractivity contribution < 1.29 is 13.9 Å². The summed E-state index contributed by atoms with van der Waals surface area (Å²) in [7, 11) is 1.74. The first-order valence-electron chi connectivity index (χ1n) is 10.6. The third kappa shape index (κ3) is 4.61. The van der Waals surface area contributed by atoms with Gasteiger partial charge in [-0.3, -0.25) is 9.59 Å². The number of carbonyl (C=O) groups is 1. The molecule has 2 fully saturated rings. The van der Waals surface area contributed by atoms with Crippen LogP contribution in [-0.4, -0.2) is 46.9 Å². The van der Waals surface area contributed by atoms with Gasteiger partial charge in [0.05, 0.1) is 12.4 Å². The minimum Gasteiger partial charge on any atom is -0.463 e. The van der Waals surface area contributed by atoms with Gasteiger partial charge in [0, 0.05) is 38.7 Å². The van der Waals surface area contributed by atoms with Crippen LogP contribution in [0, 0.1) is 11.8 Å². The topological polar surface area (TPSA) is 77.6 Å². The average molecular weight is 399 g/mol. The van der Waals surface area contributed by atoms with Crippen molar-refractivity contribution >= 4 is 5.91 Å². The smallest absolute Gasteiger partial charge is 0.266 e. The van der Waals surface area contributed by atoms with Gasteiger partial charge < -0.3 is 14.1 Å². The number of ether oxygens (including phenoxy) is 1. The van der Waals surface area contributed by atoms with Gasteiger partial charge in [-0.25, -0.2) is 4.68 Å². The van der Waals surface area contributed by atoms with Crippen LogP contribution in [0.25, 0.3) is 11.5 Å². The van der Waals surface area contributed by atoms with Crippen LogP contribution < -0.4 is 5.56 Å². The van der Waals surface area contributed by atoms with Crippen molar-refractivity contribution in [2.45, 2.75) is 51.2 Å². The van der Waals surface area contributed by atoms with Crippen LogP contribution in [-0.2, 0) is 16.1 Å². The van der Waals surface area contributed by atoms with Crippen LogP contribution in [0.3, 0.4) is 0 Å². The van der Waals surface area contributed by atoms with Gasteiger partial charge in [-0.05, 0) is 56.2 Å². The third-order valence-corrected chi connectivity index (χ3v) is 6.31. The van der Waals surface area contributed by atoms with Gasteiger partial charge in [0.15, 0.2) is 5.76 Å². The van der Waals surface area contributed by atoms with Crippen molar-refractivity contribution in [3.8, 4) is 11.5 Å². The van der Waals surface area contributed by atoms with Crippen molar-refractivity contribution in [3.63, 3.8) is 0 Å². The number of carbonyl (C=O) groups excluding carboxylic acids is 1. The summed E-state index contributed by atoms with van der Waals surface area (Å²) in [6.07, 6.45) is 7.53. The fourth-order valence-electron chi connectivity index (χ4n) is 4.56. The lowest BCUT2D eigenvalue weighted by Gasteiger charge is -2.36. The number of nitrogens with zero attached hydrogens (tertiary/aromatic N) is 3. The molecule has 7 heteroatoms. The fourth-order valence-corrected chi connectivity index (χ4v) is 4.56. The summed E-state index contributed by atoms with van der Waals surface area (Å²) in [6.45, 7) is 2.08. The molecule has 29 heavy (non-hydrogen) atoms. The van der Waals surface area contributed by atoms with Gasteiger partial charge in [0.25, 0.3) is 5.56 Å². The van der Waals surface area contributed by atoms with E-state index in [0.717, 1.165) is 51.6 Å². The second-order valence-electron chi connectivity index (χ2n) is 8.21. The summed E-state index contributed by atoms with van der Waals surface area (Å²) >= 11 is 0. The Bertz CT molecular complexity index is 868. The number of hydrogen-bond donors (Lipinski definition) is 0. The Morgan fingerprint density at radius 1 is 1.21 bits per heavy atom. The maximum absolute atomic E-state index is 12.9. The molecular formula is C22H29N3O4. The third-order valence-electron chi connectivity index (χ3n) is 6.31. The maximum Gasteiger partial charge on any atom is 0.266 e. The molecule has 1 aliphatic carbocycles. The second-order valence-corrected chi connectivity index (χ2v) is 8.21. The highest BCUT2D eigenvalue weighted by atomic mass is 16.5. The average Bonchev–Trinajstić information content (AvgIpc) is 3.30. The van der Waals surface area contributed by atoms with Gasteiger partial charge in [0.2, 0.25) is 5.91 Å². The first-order chi connectivity index (χ1) is 14.1. The molecule has 0 bridgehead atoms. The van der Waals surface area contributed by atoms with Crippen molar-refractivity contribution in [1.82, 2.24) is 14.7 Å². The largest absolute Gasteiger partial charge is 0.463 e. The molecule has 0 spiro atoms. The number of methoxy groups -OCH3 is 1. The number of piperidine rings is 1. The van der Waals surface area contributed by atoms with E-state index in [9.17, 15) is 9.59 Å². The minimum atomic E-state index is -0.105. The van der Waals surface area contributed by atoms with Crippen molar-refractivity contribution in [3.05, 3.63) is 40.9 Å². The molecular weight excluding hydrogens is 370 g/mol. The van der Waals surface area contributed by atoms with E-state index >= 15 is 0 Å². The Labute approximate surface area is 170 Å². The quantitative estimate of drug-likeness (QED) is 0.773. The van der Waals surface area contributed by atoms with E-state index in [1.54, 1.807) is 31.6 Å². The zero-order chi connectivity index (χ0) is 20.2. The molecule has 0 aromatic carbocycles. The Hall–Kier alpha value is -2.41. The summed E-state index contributed by atoms with van der Waals surface area (Å²) < 4.78 is 12.4. The van der Waals surface area contributed by atoms with E-state index in [0.29, 0.717) is 23.9 Å².